The summed E-state index contributed by atoms with van der Waals surface area (Å²) in [6.07, 6.45) is 0. The highest BCUT2D eigenvalue weighted by atomic mass is 79.9. The van der Waals surface area contributed by atoms with E-state index in [9.17, 15) is 0 Å². The number of rotatable bonds is 1. The molecule has 3 nitrogen and oxygen atoms in total. The predicted molar refractivity (Wildman–Crippen MR) is 43.5 cm³/mol. The van der Waals surface area contributed by atoms with Gasteiger partial charge in [0.2, 0.25) is 0 Å². The van der Waals surface area contributed by atoms with Crippen LogP contribution in [0.1, 0.15) is 18.7 Å². The first-order valence-electron chi connectivity index (χ1n) is 3.06. The average Bonchev–Trinajstić information content (AvgIpc) is 2.13. The van der Waals surface area contributed by atoms with Crippen molar-refractivity contribution in [3.8, 4) is 0 Å². The first-order valence-corrected chi connectivity index (χ1v) is 3.85. The van der Waals surface area contributed by atoms with Crippen LogP contribution < -0.4 is 5.73 Å². The summed E-state index contributed by atoms with van der Waals surface area (Å²) in [5, 5.41) is 4.15. The number of hydrogen-bond donors (Lipinski definition) is 1. The van der Waals surface area contributed by atoms with Gasteiger partial charge in [-0.2, -0.15) is 5.10 Å². The molecule has 0 saturated heterocycles. The number of nitrogens with two attached hydrogens (primary N) is 1. The third kappa shape index (κ3) is 1.38. The molecule has 1 atom stereocenters. The fourth-order valence-corrected chi connectivity index (χ4v) is 1.00. The molecule has 0 saturated carbocycles. The zero-order chi connectivity index (χ0) is 7.72. The molecule has 0 aliphatic heterocycles. The summed E-state index contributed by atoms with van der Waals surface area (Å²) in [6, 6.07) is 1.93. The van der Waals surface area contributed by atoms with E-state index < -0.39 is 0 Å². The van der Waals surface area contributed by atoms with Gasteiger partial charge in [0.15, 0.2) is 0 Å². The summed E-state index contributed by atoms with van der Waals surface area (Å²) in [6.45, 7) is 1.91. The fourth-order valence-electron chi connectivity index (χ4n) is 0.688. The molecule has 0 aromatic carbocycles. The lowest BCUT2D eigenvalue weighted by Gasteiger charge is -1.96. The summed E-state index contributed by atoms with van der Waals surface area (Å²) in [4.78, 5) is 0. The summed E-state index contributed by atoms with van der Waals surface area (Å²) in [7, 11) is 1.87. The van der Waals surface area contributed by atoms with Crippen LogP contribution in [-0.4, -0.2) is 9.78 Å². The van der Waals surface area contributed by atoms with Gasteiger partial charge in [-0.3, -0.25) is 4.68 Å². The Morgan fingerprint density at radius 1 is 1.80 bits per heavy atom. The number of hydrogen-bond acceptors (Lipinski definition) is 2. The maximum absolute atomic E-state index is 5.60. The van der Waals surface area contributed by atoms with Crippen molar-refractivity contribution in [1.82, 2.24) is 9.78 Å². The molecular formula is C6H10BrN3. The zero-order valence-electron chi connectivity index (χ0n) is 6.00. The molecule has 1 unspecified atom stereocenters. The summed E-state index contributed by atoms with van der Waals surface area (Å²) in [5.74, 6) is 0. The van der Waals surface area contributed by atoms with Crippen LogP contribution in [0.15, 0.2) is 10.7 Å². The molecule has 4 heteroatoms. The molecule has 1 aromatic rings. The standard InChI is InChI=1S/C6H10BrN3/c1-4(8)5-3-6(7)10(2)9-5/h3-4H,8H2,1-2H3. The lowest BCUT2D eigenvalue weighted by molar-refractivity contribution is 0.691. The molecule has 0 aliphatic carbocycles. The topological polar surface area (TPSA) is 43.8 Å². The molecule has 0 aliphatic rings. The molecular weight excluding hydrogens is 194 g/mol. The van der Waals surface area contributed by atoms with E-state index in [0.717, 1.165) is 10.3 Å². The minimum Gasteiger partial charge on any atom is -0.323 e. The highest BCUT2D eigenvalue weighted by molar-refractivity contribution is 9.10. The van der Waals surface area contributed by atoms with Crippen molar-refractivity contribution >= 4 is 15.9 Å². The van der Waals surface area contributed by atoms with Crippen LogP contribution in [0.2, 0.25) is 0 Å². The molecule has 0 amide bonds. The Kier molecular flexibility index (Phi) is 2.11. The van der Waals surface area contributed by atoms with Crippen molar-refractivity contribution in [2.45, 2.75) is 13.0 Å². The Labute approximate surface area is 68.3 Å². The Morgan fingerprint density at radius 3 is 2.60 bits per heavy atom. The predicted octanol–water partition coefficient (Wildman–Crippen LogP) is 1.20. The largest absolute Gasteiger partial charge is 0.323 e. The molecule has 0 spiro atoms. The smallest absolute Gasteiger partial charge is 0.104 e. The van der Waals surface area contributed by atoms with E-state index in [-0.39, 0.29) is 6.04 Å². The first-order chi connectivity index (χ1) is 4.61. The van der Waals surface area contributed by atoms with E-state index in [1.54, 1.807) is 4.68 Å². The van der Waals surface area contributed by atoms with Gasteiger partial charge in [0.1, 0.15) is 4.60 Å². The Morgan fingerprint density at radius 2 is 2.40 bits per heavy atom. The monoisotopic (exact) mass is 203 g/mol. The number of nitrogens with zero attached hydrogens (tertiary/aromatic N) is 2. The molecule has 0 fully saturated rings. The van der Waals surface area contributed by atoms with Crippen LogP contribution >= 0.6 is 15.9 Å². The fraction of sp³-hybridized carbons (Fsp3) is 0.500. The van der Waals surface area contributed by atoms with Gasteiger partial charge in [-0.25, -0.2) is 0 Å². The van der Waals surface area contributed by atoms with Crippen LogP contribution in [0.25, 0.3) is 0 Å². The number of aromatic nitrogens is 2. The van der Waals surface area contributed by atoms with Gasteiger partial charge in [-0.15, -0.1) is 0 Å². The van der Waals surface area contributed by atoms with Crippen molar-refractivity contribution in [1.29, 1.82) is 0 Å². The van der Waals surface area contributed by atoms with Crippen molar-refractivity contribution in [3.05, 3.63) is 16.4 Å². The van der Waals surface area contributed by atoms with E-state index in [1.165, 1.54) is 0 Å². The Bertz CT molecular complexity index is 209. The molecule has 0 radical (unpaired) electrons. The summed E-state index contributed by atoms with van der Waals surface area (Å²) in [5.41, 5.74) is 6.51. The van der Waals surface area contributed by atoms with Crippen molar-refractivity contribution < 1.29 is 0 Å². The van der Waals surface area contributed by atoms with Gasteiger partial charge in [0, 0.05) is 13.1 Å². The van der Waals surface area contributed by atoms with Crippen LogP contribution in [0.5, 0.6) is 0 Å². The van der Waals surface area contributed by atoms with Crippen molar-refractivity contribution in [2.75, 3.05) is 0 Å². The maximum atomic E-state index is 5.60. The SMILES string of the molecule is CC(N)c1cc(Br)n(C)n1. The molecule has 1 aromatic heterocycles. The van der Waals surface area contributed by atoms with Gasteiger partial charge in [0.25, 0.3) is 0 Å². The zero-order valence-corrected chi connectivity index (χ0v) is 7.59. The van der Waals surface area contributed by atoms with E-state index in [1.807, 2.05) is 20.0 Å². The Balaban J connectivity index is 2.98. The van der Waals surface area contributed by atoms with Crippen LogP contribution in [0.4, 0.5) is 0 Å². The molecule has 56 valence electrons. The minimum atomic E-state index is 0.0116. The third-order valence-electron chi connectivity index (χ3n) is 1.31. The molecule has 1 rings (SSSR count). The van der Waals surface area contributed by atoms with Crippen LogP contribution in [-0.2, 0) is 7.05 Å². The highest BCUT2D eigenvalue weighted by Gasteiger charge is 2.04. The van der Waals surface area contributed by atoms with Crippen LogP contribution in [0, 0.1) is 0 Å². The first kappa shape index (κ1) is 7.75. The molecule has 2 N–H and O–H groups in total. The van der Waals surface area contributed by atoms with Crippen molar-refractivity contribution in [2.24, 2.45) is 12.8 Å². The van der Waals surface area contributed by atoms with Gasteiger partial charge in [0.05, 0.1) is 5.69 Å². The van der Waals surface area contributed by atoms with Gasteiger partial charge in [-0.1, -0.05) is 0 Å². The lowest BCUT2D eigenvalue weighted by Crippen LogP contribution is -2.06. The van der Waals surface area contributed by atoms with Gasteiger partial charge in [-0.05, 0) is 28.9 Å². The lowest BCUT2D eigenvalue weighted by atomic mass is 10.3. The number of halogens is 1. The highest BCUT2D eigenvalue weighted by Crippen LogP contribution is 2.14. The number of aryl methyl sites for hydroxylation is 1. The third-order valence-corrected chi connectivity index (χ3v) is 2.05. The van der Waals surface area contributed by atoms with Gasteiger partial charge >= 0.3 is 0 Å². The minimum absolute atomic E-state index is 0.0116. The molecule has 1 heterocycles. The van der Waals surface area contributed by atoms with E-state index >= 15 is 0 Å². The summed E-state index contributed by atoms with van der Waals surface area (Å²) < 4.78 is 2.71. The van der Waals surface area contributed by atoms with Gasteiger partial charge < -0.3 is 5.73 Å². The Hall–Kier alpha value is -0.350. The second-order valence-electron chi connectivity index (χ2n) is 2.30. The summed E-state index contributed by atoms with van der Waals surface area (Å²) >= 11 is 3.33. The van der Waals surface area contributed by atoms with E-state index in [4.69, 9.17) is 5.73 Å². The van der Waals surface area contributed by atoms with Crippen LogP contribution in [0.3, 0.4) is 0 Å². The van der Waals surface area contributed by atoms with E-state index in [2.05, 4.69) is 21.0 Å². The quantitative estimate of drug-likeness (QED) is 0.746. The molecule has 10 heavy (non-hydrogen) atoms. The van der Waals surface area contributed by atoms with Crippen molar-refractivity contribution in [3.63, 3.8) is 0 Å². The molecule has 0 bridgehead atoms. The average molecular weight is 204 g/mol. The second kappa shape index (κ2) is 2.72. The van der Waals surface area contributed by atoms with E-state index in [0.29, 0.717) is 0 Å². The second-order valence-corrected chi connectivity index (χ2v) is 3.12. The normalized spacial score (nSPS) is 13.6. The maximum Gasteiger partial charge on any atom is 0.104 e.